The topological polar surface area (TPSA) is 29.5 Å². The molecular formula is C18H24O2. The van der Waals surface area contributed by atoms with Gasteiger partial charge in [0.1, 0.15) is 5.75 Å². The molecular weight excluding hydrogens is 248 g/mol. The second kappa shape index (κ2) is 5.07. The minimum absolute atomic E-state index is 0.286. The Morgan fingerprint density at radius 2 is 2.20 bits per heavy atom. The molecule has 108 valence electrons. The lowest BCUT2D eigenvalue weighted by Crippen LogP contribution is -2.15. The Morgan fingerprint density at radius 3 is 3.00 bits per heavy atom. The van der Waals surface area contributed by atoms with E-state index < -0.39 is 0 Å². The number of aryl methyl sites for hydroxylation is 1. The van der Waals surface area contributed by atoms with Gasteiger partial charge in [0, 0.05) is 0 Å². The van der Waals surface area contributed by atoms with Crippen LogP contribution in [0.15, 0.2) is 18.2 Å². The van der Waals surface area contributed by atoms with Gasteiger partial charge in [0.2, 0.25) is 0 Å². The summed E-state index contributed by atoms with van der Waals surface area (Å²) >= 11 is 0. The van der Waals surface area contributed by atoms with Gasteiger partial charge in [0.15, 0.2) is 0 Å². The van der Waals surface area contributed by atoms with E-state index in [1.807, 2.05) is 6.07 Å². The van der Waals surface area contributed by atoms with Gasteiger partial charge in [-0.2, -0.15) is 0 Å². The van der Waals surface area contributed by atoms with Gasteiger partial charge in [-0.1, -0.05) is 12.5 Å². The van der Waals surface area contributed by atoms with Crippen molar-refractivity contribution in [2.24, 2.45) is 17.8 Å². The number of aliphatic hydroxyl groups is 1. The number of hydrogen-bond acceptors (Lipinski definition) is 2. The maximum absolute atomic E-state index is 10.6. The molecule has 20 heavy (non-hydrogen) atoms. The Hall–Kier alpha value is -1.02. The molecule has 4 rings (SSSR count). The van der Waals surface area contributed by atoms with Crippen molar-refractivity contribution in [1.82, 2.24) is 0 Å². The highest BCUT2D eigenvalue weighted by molar-refractivity contribution is 5.39. The molecule has 0 aromatic heterocycles. The van der Waals surface area contributed by atoms with Crippen molar-refractivity contribution >= 4 is 0 Å². The quantitative estimate of drug-likeness (QED) is 0.905. The lowest BCUT2D eigenvalue weighted by molar-refractivity contribution is 0.125. The highest BCUT2D eigenvalue weighted by Gasteiger charge is 2.40. The molecule has 2 bridgehead atoms. The van der Waals surface area contributed by atoms with Gasteiger partial charge in [0.05, 0.1) is 12.7 Å². The summed E-state index contributed by atoms with van der Waals surface area (Å²) in [5, 5.41) is 10.6. The molecule has 1 aliphatic heterocycles. The van der Waals surface area contributed by atoms with E-state index in [0.717, 1.165) is 54.9 Å². The molecule has 0 saturated heterocycles. The van der Waals surface area contributed by atoms with E-state index in [0.29, 0.717) is 0 Å². The van der Waals surface area contributed by atoms with Crippen molar-refractivity contribution in [2.75, 3.05) is 6.61 Å². The smallest absolute Gasteiger partial charge is 0.122 e. The van der Waals surface area contributed by atoms with E-state index in [-0.39, 0.29) is 6.10 Å². The van der Waals surface area contributed by atoms with Crippen LogP contribution >= 0.6 is 0 Å². The molecule has 0 amide bonds. The summed E-state index contributed by atoms with van der Waals surface area (Å²) in [6.45, 7) is 0.833. The Balaban J connectivity index is 1.46. The minimum atomic E-state index is -0.286. The molecule has 1 aromatic carbocycles. The van der Waals surface area contributed by atoms with E-state index in [1.165, 1.54) is 31.2 Å². The van der Waals surface area contributed by atoms with E-state index >= 15 is 0 Å². The fraction of sp³-hybridized carbons (Fsp3) is 0.667. The van der Waals surface area contributed by atoms with Crippen molar-refractivity contribution in [2.45, 2.75) is 51.0 Å². The first kappa shape index (κ1) is 12.7. The fourth-order valence-electron chi connectivity index (χ4n) is 4.68. The van der Waals surface area contributed by atoms with Crippen LogP contribution in [0.1, 0.15) is 55.8 Å². The monoisotopic (exact) mass is 272 g/mol. The molecule has 1 aromatic rings. The Morgan fingerprint density at radius 1 is 1.25 bits per heavy atom. The molecule has 1 N–H and O–H groups in total. The van der Waals surface area contributed by atoms with Crippen molar-refractivity contribution in [3.8, 4) is 5.75 Å². The summed E-state index contributed by atoms with van der Waals surface area (Å²) in [4.78, 5) is 0. The first-order valence-electron chi connectivity index (χ1n) is 8.23. The summed E-state index contributed by atoms with van der Waals surface area (Å²) in [7, 11) is 0. The Bertz CT molecular complexity index is 496. The maximum Gasteiger partial charge on any atom is 0.122 e. The van der Waals surface area contributed by atoms with Crippen LogP contribution in [-0.4, -0.2) is 11.7 Å². The van der Waals surface area contributed by atoms with Crippen LogP contribution in [0.5, 0.6) is 5.75 Å². The van der Waals surface area contributed by atoms with Gasteiger partial charge in [-0.15, -0.1) is 0 Å². The summed E-state index contributed by atoms with van der Waals surface area (Å²) in [5.41, 5.74) is 2.37. The predicted octanol–water partition coefficient (Wildman–Crippen LogP) is 3.87. The SMILES string of the molecule is OC(CC1CC2CCC1C2)c1ccc2c(c1)CCCO2. The lowest BCUT2D eigenvalue weighted by Gasteiger charge is -2.25. The first-order valence-corrected chi connectivity index (χ1v) is 8.23. The zero-order valence-electron chi connectivity index (χ0n) is 12.1. The number of benzene rings is 1. The van der Waals surface area contributed by atoms with E-state index in [2.05, 4.69) is 12.1 Å². The maximum atomic E-state index is 10.6. The molecule has 2 fully saturated rings. The molecule has 0 radical (unpaired) electrons. The van der Waals surface area contributed by atoms with Crippen LogP contribution in [0.4, 0.5) is 0 Å². The second-order valence-corrected chi connectivity index (χ2v) is 7.01. The van der Waals surface area contributed by atoms with Crippen LogP contribution < -0.4 is 4.74 Å². The molecule has 4 atom stereocenters. The van der Waals surface area contributed by atoms with Gasteiger partial charge in [-0.05, 0) is 79.5 Å². The zero-order valence-corrected chi connectivity index (χ0v) is 12.1. The molecule has 2 saturated carbocycles. The average molecular weight is 272 g/mol. The molecule has 4 unspecified atom stereocenters. The van der Waals surface area contributed by atoms with Crippen molar-refractivity contribution in [1.29, 1.82) is 0 Å². The normalized spacial score (nSPS) is 32.8. The number of rotatable bonds is 3. The molecule has 3 aliphatic rings. The van der Waals surface area contributed by atoms with Gasteiger partial charge in [0.25, 0.3) is 0 Å². The van der Waals surface area contributed by atoms with Crippen LogP contribution in [0.3, 0.4) is 0 Å². The lowest BCUT2D eigenvalue weighted by atomic mass is 9.83. The third-order valence-corrected chi connectivity index (χ3v) is 5.73. The van der Waals surface area contributed by atoms with E-state index in [1.54, 1.807) is 0 Å². The van der Waals surface area contributed by atoms with Crippen molar-refractivity contribution in [3.05, 3.63) is 29.3 Å². The summed E-state index contributed by atoms with van der Waals surface area (Å²) in [6, 6.07) is 6.28. The fourth-order valence-corrected chi connectivity index (χ4v) is 4.68. The largest absolute Gasteiger partial charge is 0.493 e. The Kier molecular flexibility index (Phi) is 3.22. The highest BCUT2D eigenvalue weighted by Crippen LogP contribution is 2.51. The molecule has 2 heteroatoms. The summed E-state index contributed by atoms with van der Waals surface area (Å²) < 4.78 is 5.65. The molecule has 0 spiro atoms. The van der Waals surface area contributed by atoms with Crippen LogP contribution in [0.25, 0.3) is 0 Å². The van der Waals surface area contributed by atoms with Crippen molar-refractivity contribution in [3.63, 3.8) is 0 Å². The minimum Gasteiger partial charge on any atom is -0.493 e. The standard InChI is InChI=1S/C18H24O2/c19-17(11-16-9-12-3-4-13(16)8-12)14-5-6-18-15(10-14)2-1-7-20-18/h5-6,10,12-13,16-17,19H,1-4,7-9,11H2. The number of aliphatic hydroxyl groups excluding tert-OH is 1. The summed E-state index contributed by atoms with van der Waals surface area (Å²) in [5.74, 6) is 3.65. The van der Waals surface area contributed by atoms with Gasteiger partial charge in [-0.3, -0.25) is 0 Å². The Labute approximate surface area is 121 Å². The van der Waals surface area contributed by atoms with Crippen molar-refractivity contribution < 1.29 is 9.84 Å². The zero-order chi connectivity index (χ0) is 13.5. The number of ether oxygens (including phenoxy) is 1. The molecule has 2 aliphatic carbocycles. The second-order valence-electron chi connectivity index (χ2n) is 7.01. The van der Waals surface area contributed by atoms with Crippen LogP contribution in [0, 0.1) is 17.8 Å². The predicted molar refractivity (Wildman–Crippen MR) is 78.8 cm³/mol. The third kappa shape index (κ3) is 2.24. The third-order valence-electron chi connectivity index (χ3n) is 5.73. The van der Waals surface area contributed by atoms with Gasteiger partial charge >= 0.3 is 0 Å². The van der Waals surface area contributed by atoms with Crippen LogP contribution in [-0.2, 0) is 6.42 Å². The molecule has 2 nitrogen and oxygen atoms in total. The van der Waals surface area contributed by atoms with E-state index in [9.17, 15) is 5.11 Å². The number of hydrogen-bond donors (Lipinski definition) is 1. The summed E-state index contributed by atoms with van der Waals surface area (Å²) in [6.07, 6.45) is 8.48. The van der Waals surface area contributed by atoms with Gasteiger partial charge in [-0.25, -0.2) is 0 Å². The molecule has 1 heterocycles. The first-order chi connectivity index (χ1) is 9.79. The number of fused-ring (bicyclic) bond motifs is 3. The van der Waals surface area contributed by atoms with Gasteiger partial charge < -0.3 is 9.84 Å². The average Bonchev–Trinajstić information content (AvgIpc) is 3.09. The van der Waals surface area contributed by atoms with Crippen LogP contribution in [0.2, 0.25) is 0 Å². The highest BCUT2D eigenvalue weighted by atomic mass is 16.5. The van der Waals surface area contributed by atoms with E-state index in [4.69, 9.17) is 4.74 Å².